The van der Waals surface area contributed by atoms with Gasteiger partial charge in [0.25, 0.3) is 0 Å². The minimum absolute atomic E-state index is 0.0813. The van der Waals surface area contributed by atoms with Crippen molar-refractivity contribution < 1.29 is 14.3 Å². The van der Waals surface area contributed by atoms with Crippen LogP contribution in [-0.2, 0) is 14.3 Å². The average molecular weight is 268 g/mol. The number of piperidine rings is 1. The van der Waals surface area contributed by atoms with Crippen LogP contribution in [0.15, 0.2) is 0 Å². The second kappa shape index (κ2) is 6.37. The molecule has 0 aromatic rings. The summed E-state index contributed by atoms with van der Waals surface area (Å²) >= 11 is 0. The van der Waals surface area contributed by atoms with Crippen LogP contribution in [0, 0.1) is 5.92 Å². The number of amides is 2. The lowest BCUT2D eigenvalue weighted by atomic mass is 9.95. The maximum absolute atomic E-state index is 12.5. The van der Waals surface area contributed by atoms with Gasteiger partial charge in [-0.3, -0.25) is 9.59 Å². The zero-order chi connectivity index (χ0) is 13.8. The number of ether oxygens (including phenoxy) is 1. The summed E-state index contributed by atoms with van der Waals surface area (Å²) in [4.78, 5) is 27.7. The van der Waals surface area contributed by atoms with Crippen molar-refractivity contribution in [2.24, 2.45) is 5.92 Å². The Kier molecular flexibility index (Phi) is 4.80. The molecule has 0 N–H and O–H groups in total. The van der Waals surface area contributed by atoms with E-state index in [4.69, 9.17) is 4.74 Å². The van der Waals surface area contributed by atoms with Crippen LogP contribution in [0.2, 0.25) is 0 Å². The van der Waals surface area contributed by atoms with E-state index in [0.29, 0.717) is 26.1 Å². The lowest BCUT2D eigenvalue weighted by Crippen LogP contribution is -2.45. The highest BCUT2D eigenvalue weighted by molar-refractivity contribution is 5.86. The highest BCUT2D eigenvalue weighted by atomic mass is 16.5. The Hall–Kier alpha value is -1.10. The second-order valence-electron chi connectivity index (χ2n) is 5.52. The van der Waals surface area contributed by atoms with Crippen molar-refractivity contribution in [3.63, 3.8) is 0 Å². The van der Waals surface area contributed by atoms with E-state index in [2.05, 4.69) is 0 Å². The van der Waals surface area contributed by atoms with Gasteiger partial charge in [-0.2, -0.15) is 0 Å². The van der Waals surface area contributed by atoms with Crippen LogP contribution in [-0.4, -0.2) is 61.0 Å². The average Bonchev–Trinajstić information content (AvgIpc) is 2.91. The fraction of sp³-hybridized carbons (Fsp3) is 0.857. The Labute approximate surface area is 114 Å². The predicted molar refractivity (Wildman–Crippen MR) is 71.6 cm³/mol. The van der Waals surface area contributed by atoms with Crippen molar-refractivity contribution in [2.45, 2.75) is 38.7 Å². The van der Waals surface area contributed by atoms with Crippen molar-refractivity contribution in [1.29, 1.82) is 0 Å². The summed E-state index contributed by atoms with van der Waals surface area (Å²) in [6.07, 6.45) is 3.45. The van der Waals surface area contributed by atoms with Gasteiger partial charge in [0.15, 0.2) is 0 Å². The molecule has 2 aliphatic heterocycles. The third kappa shape index (κ3) is 3.47. The van der Waals surface area contributed by atoms with Crippen LogP contribution >= 0.6 is 0 Å². The van der Waals surface area contributed by atoms with Gasteiger partial charge < -0.3 is 14.5 Å². The molecule has 108 valence electrons. The van der Waals surface area contributed by atoms with Crippen molar-refractivity contribution >= 4 is 11.8 Å². The van der Waals surface area contributed by atoms with E-state index in [-0.39, 0.29) is 23.8 Å². The first-order chi connectivity index (χ1) is 9.11. The standard InChI is InChI=1S/C14H24N2O3/c1-3-16(10-12-5-4-8-19-12)14(18)11-6-7-15(2)13(17)9-11/h11-12H,3-10H2,1-2H3. The molecule has 2 rings (SSSR count). The van der Waals surface area contributed by atoms with E-state index in [1.54, 1.807) is 11.9 Å². The molecule has 19 heavy (non-hydrogen) atoms. The molecule has 0 spiro atoms. The van der Waals surface area contributed by atoms with Crippen LogP contribution in [0.3, 0.4) is 0 Å². The molecule has 0 radical (unpaired) electrons. The van der Waals surface area contributed by atoms with Gasteiger partial charge in [0, 0.05) is 45.6 Å². The van der Waals surface area contributed by atoms with Gasteiger partial charge in [0.05, 0.1) is 6.10 Å². The summed E-state index contributed by atoms with van der Waals surface area (Å²) in [6.45, 7) is 4.86. The number of likely N-dealkylation sites (N-methyl/N-ethyl adjacent to an activating group) is 1. The van der Waals surface area contributed by atoms with Gasteiger partial charge in [-0.1, -0.05) is 0 Å². The number of rotatable bonds is 4. The molecule has 5 heteroatoms. The first-order valence-corrected chi connectivity index (χ1v) is 7.26. The molecule has 0 bridgehead atoms. The summed E-state index contributed by atoms with van der Waals surface area (Å²) in [7, 11) is 1.80. The van der Waals surface area contributed by atoms with Crippen molar-refractivity contribution in [3.05, 3.63) is 0 Å². The zero-order valence-corrected chi connectivity index (χ0v) is 11.9. The summed E-state index contributed by atoms with van der Waals surface area (Å²) in [5.41, 5.74) is 0. The molecule has 2 aliphatic rings. The monoisotopic (exact) mass is 268 g/mol. The van der Waals surface area contributed by atoms with Gasteiger partial charge in [-0.15, -0.1) is 0 Å². The Morgan fingerprint density at radius 1 is 1.47 bits per heavy atom. The number of carbonyl (C=O) groups excluding carboxylic acids is 2. The zero-order valence-electron chi connectivity index (χ0n) is 11.9. The SMILES string of the molecule is CCN(CC1CCCO1)C(=O)C1CCN(C)C(=O)C1. The van der Waals surface area contributed by atoms with Crippen LogP contribution in [0.4, 0.5) is 0 Å². The maximum atomic E-state index is 12.5. The van der Waals surface area contributed by atoms with Crippen LogP contribution in [0.5, 0.6) is 0 Å². The highest BCUT2D eigenvalue weighted by Gasteiger charge is 2.32. The van der Waals surface area contributed by atoms with E-state index in [0.717, 1.165) is 25.9 Å². The third-order valence-electron chi connectivity index (χ3n) is 4.15. The third-order valence-corrected chi connectivity index (χ3v) is 4.15. The van der Waals surface area contributed by atoms with Crippen molar-refractivity contribution in [3.8, 4) is 0 Å². The Balaban J connectivity index is 1.90. The van der Waals surface area contributed by atoms with Gasteiger partial charge >= 0.3 is 0 Å². The van der Waals surface area contributed by atoms with Crippen LogP contribution in [0.1, 0.15) is 32.6 Å². The minimum atomic E-state index is -0.134. The fourth-order valence-electron chi connectivity index (χ4n) is 2.82. The van der Waals surface area contributed by atoms with Gasteiger partial charge in [-0.25, -0.2) is 0 Å². The normalized spacial score (nSPS) is 27.7. The molecule has 0 aromatic heterocycles. The largest absolute Gasteiger partial charge is 0.376 e. The van der Waals surface area contributed by atoms with Crippen LogP contribution in [0.25, 0.3) is 0 Å². The minimum Gasteiger partial charge on any atom is -0.376 e. The highest BCUT2D eigenvalue weighted by Crippen LogP contribution is 2.21. The number of hydrogen-bond acceptors (Lipinski definition) is 3. The first kappa shape index (κ1) is 14.3. The quantitative estimate of drug-likeness (QED) is 0.760. The smallest absolute Gasteiger partial charge is 0.226 e. The second-order valence-corrected chi connectivity index (χ2v) is 5.52. The molecule has 0 aromatic carbocycles. The van der Waals surface area contributed by atoms with Crippen LogP contribution < -0.4 is 0 Å². The lowest BCUT2D eigenvalue weighted by molar-refractivity contribution is -0.145. The topological polar surface area (TPSA) is 49.9 Å². The fourth-order valence-corrected chi connectivity index (χ4v) is 2.82. The van der Waals surface area contributed by atoms with Gasteiger partial charge in [0.2, 0.25) is 11.8 Å². The van der Waals surface area contributed by atoms with E-state index >= 15 is 0 Å². The molecule has 2 amide bonds. The molecule has 0 saturated carbocycles. The molecule has 2 saturated heterocycles. The Morgan fingerprint density at radius 3 is 2.84 bits per heavy atom. The Morgan fingerprint density at radius 2 is 2.26 bits per heavy atom. The Bertz CT molecular complexity index is 340. The molecule has 2 heterocycles. The molecule has 2 fully saturated rings. The number of hydrogen-bond donors (Lipinski definition) is 0. The van der Waals surface area contributed by atoms with Gasteiger partial charge in [0.1, 0.15) is 0 Å². The summed E-state index contributed by atoms with van der Waals surface area (Å²) < 4.78 is 5.59. The van der Waals surface area contributed by atoms with E-state index in [1.807, 2.05) is 11.8 Å². The summed E-state index contributed by atoms with van der Waals surface area (Å²) in [6, 6.07) is 0. The van der Waals surface area contributed by atoms with E-state index in [1.165, 1.54) is 0 Å². The van der Waals surface area contributed by atoms with Gasteiger partial charge in [-0.05, 0) is 26.2 Å². The number of carbonyl (C=O) groups is 2. The molecule has 5 nitrogen and oxygen atoms in total. The van der Waals surface area contributed by atoms with E-state index in [9.17, 15) is 9.59 Å². The number of likely N-dealkylation sites (tertiary alicyclic amines) is 1. The van der Waals surface area contributed by atoms with E-state index < -0.39 is 0 Å². The van der Waals surface area contributed by atoms with Crippen molar-refractivity contribution in [1.82, 2.24) is 9.80 Å². The molecular weight excluding hydrogens is 244 g/mol. The molecular formula is C14H24N2O3. The maximum Gasteiger partial charge on any atom is 0.226 e. The molecule has 2 atom stereocenters. The lowest BCUT2D eigenvalue weighted by Gasteiger charge is -2.32. The number of nitrogens with zero attached hydrogens (tertiary/aromatic N) is 2. The molecule has 2 unspecified atom stereocenters. The van der Waals surface area contributed by atoms with Crippen molar-refractivity contribution in [2.75, 3.05) is 33.3 Å². The summed E-state index contributed by atoms with van der Waals surface area (Å²) in [5.74, 6) is 0.0715. The first-order valence-electron chi connectivity index (χ1n) is 7.26. The predicted octanol–water partition coefficient (Wildman–Crippen LogP) is 0.882. The summed E-state index contributed by atoms with van der Waals surface area (Å²) in [5, 5.41) is 0. The molecule has 0 aliphatic carbocycles.